The average molecular weight is 355 g/mol. The highest BCUT2D eigenvalue weighted by Crippen LogP contribution is 2.22. The Morgan fingerprint density at radius 3 is 2.50 bits per heavy atom. The number of para-hydroxylation sites is 1. The fourth-order valence-electron chi connectivity index (χ4n) is 1.71. The van der Waals surface area contributed by atoms with Crippen LogP contribution in [0.25, 0.3) is 0 Å². The number of benzene rings is 2. The van der Waals surface area contributed by atoms with Crippen LogP contribution in [0.1, 0.15) is 0 Å². The topological polar surface area (TPSA) is 24.5 Å². The van der Waals surface area contributed by atoms with Gasteiger partial charge in [0.25, 0.3) is 0 Å². The first-order chi connectivity index (χ1) is 10.6. The van der Waals surface area contributed by atoms with Crippen molar-refractivity contribution in [2.24, 2.45) is 0 Å². The van der Waals surface area contributed by atoms with E-state index in [-0.39, 0.29) is 0 Å². The number of halogens is 2. The molecule has 1 N–H and O–H groups in total. The standard InChI is InChI=1S/C16H16Cl2N2OS/c1-20(10-11-21-15-5-3-2-4-14(15)18)16(22)19-13-8-6-12(17)7-9-13/h2-9H,10-11H2,1H3,(H,19,22). The summed E-state index contributed by atoms with van der Waals surface area (Å²) in [5.74, 6) is 0.675. The zero-order valence-electron chi connectivity index (χ0n) is 12.1. The second kappa shape index (κ2) is 8.22. The Kier molecular flexibility index (Phi) is 6.31. The third-order valence-corrected chi connectivity index (χ3v) is 3.94. The van der Waals surface area contributed by atoms with Crippen molar-refractivity contribution in [3.63, 3.8) is 0 Å². The fourth-order valence-corrected chi connectivity index (χ4v) is 2.23. The Labute approximate surface area is 145 Å². The van der Waals surface area contributed by atoms with Crippen molar-refractivity contribution in [3.05, 3.63) is 58.6 Å². The number of hydrogen-bond donors (Lipinski definition) is 1. The van der Waals surface area contributed by atoms with Crippen LogP contribution in [0.4, 0.5) is 5.69 Å². The first-order valence-corrected chi connectivity index (χ1v) is 7.87. The molecular formula is C16H16Cl2N2OS. The summed E-state index contributed by atoms with van der Waals surface area (Å²) < 4.78 is 5.65. The molecule has 0 aromatic heterocycles. The Hall–Kier alpha value is -1.49. The van der Waals surface area contributed by atoms with Gasteiger partial charge in [-0.2, -0.15) is 0 Å². The van der Waals surface area contributed by atoms with Gasteiger partial charge in [0.05, 0.1) is 11.6 Å². The monoisotopic (exact) mass is 354 g/mol. The predicted octanol–water partition coefficient (Wildman–Crippen LogP) is 4.70. The molecule has 6 heteroatoms. The maximum atomic E-state index is 6.03. The number of nitrogens with zero attached hydrogens (tertiary/aromatic N) is 1. The molecule has 3 nitrogen and oxygen atoms in total. The normalized spacial score (nSPS) is 10.1. The Morgan fingerprint density at radius 2 is 1.82 bits per heavy atom. The summed E-state index contributed by atoms with van der Waals surface area (Å²) in [5.41, 5.74) is 0.897. The van der Waals surface area contributed by atoms with Crippen LogP contribution < -0.4 is 10.1 Å². The molecule has 0 spiro atoms. The lowest BCUT2D eigenvalue weighted by atomic mass is 10.3. The Balaban J connectivity index is 1.79. The summed E-state index contributed by atoms with van der Waals surface area (Å²) >= 11 is 17.2. The van der Waals surface area contributed by atoms with Crippen molar-refractivity contribution >= 4 is 46.2 Å². The van der Waals surface area contributed by atoms with E-state index in [0.29, 0.717) is 34.1 Å². The molecule has 0 fully saturated rings. The molecule has 2 aromatic rings. The van der Waals surface area contributed by atoms with E-state index in [1.54, 1.807) is 6.07 Å². The smallest absolute Gasteiger partial charge is 0.173 e. The molecule has 2 aromatic carbocycles. The van der Waals surface area contributed by atoms with Crippen molar-refractivity contribution in [2.45, 2.75) is 0 Å². The summed E-state index contributed by atoms with van der Waals surface area (Å²) in [6, 6.07) is 14.8. The van der Waals surface area contributed by atoms with Crippen LogP contribution in [0.15, 0.2) is 48.5 Å². The second-order valence-electron chi connectivity index (χ2n) is 4.64. The highest BCUT2D eigenvalue weighted by Gasteiger charge is 2.06. The van der Waals surface area contributed by atoms with Crippen molar-refractivity contribution in [2.75, 3.05) is 25.5 Å². The van der Waals surface area contributed by atoms with Gasteiger partial charge < -0.3 is 15.0 Å². The molecule has 0 aliphatic carbocycles. The molecule has 0 saturated heterocycles. The molecule has 0 bridgehead atoms. The molecule has 0 saturated carbocycles. The minimum Gasteiger partial charge on any atom is -0.490 e. The Bertz CT molecular complexity index is 634. The quantitative estimate of drug-likeness (QED) is 0.786. The highest BCUT2D eigenvalue weighted by atomic mass is 35.5. The fraction of sp³-hybridized carbons (Fsp3) is 0.188. The Morgan fingerprint density at radius 1 is 1.14 bits per heavy atom. The number of thiocarbonyl (C=S) groups is 1. The molecule has 0 atom stereocenters. The van der Waals surface area contributed by atoms with Crippen LogP contribution in [0.5, 0.6) is 5.75 Å². The summed E-state index contributed by atoms with van der Waals surface area (Å²) in [6.07, 6.45) is 0. The van der Waals surface area contributed by atoms with Gasteiger partial charge >= 0.3 is 0 Å². The average Bonchev–Trinajstić information content (AvgIpc) is 2.51. The molecular weight excluding hydrogens is 339 g/mol. The molecule has 0 heterocycles. The van der Waals surface area contributed by atoms with Gasteiger partial charge in [0, 0.05) is 17.8 Å². The molecule has 0 unspecified atom stereocenters. The van der Waals surface area contributed by atoms with Crippen molar-refractivity contribution < 1.29 is 4.74 Å². The summed E-state index contributed by atoms with van der Waals surface area (Å²) in [6.45, 7) is 1.13. The lowest BCUT2D eigenvalue weighted by Gasteiger charge is -2.21. The third kappa shape index (κ3) is 5.05. The third-order valence-electron chi connectivity index (χ3n) is 2.96. The van der Waals surface area contributed by atoms with Crippen molar-refractivity contribution in [1.29, 1.82) is 0 Å². The minimum atomic E-state index is 0.489. The van der Waals surface area contributed by atoms with Crippen LogP contribution in [-0.4, -0.2) is 30.2 Å². The lowest BCUT2D eigenvalue weighted by Crippen LogP contribution is -2.34. The van der Waals surface area contributed by atoms with Crippen LogP contribution in [0.3, 0.4) is 0 Å². The maximum absolute atomic E-state index is 6.03. The summed E-state index contributed by atoms with van der Waals surface area (Å²) in [4.78, 5) is 1.90. The number of nitrogens with one attached hydrogen (secondary N) is 1. The van der Waals surface area contributed by atoms with Crippen LogP contribution in [-0.2, 0) is 0 Å². The number of rotatable bonds is 5. The van der Waals surface area contributed by atoms with Gasteiger partial charge in [0.1, 0.15) is 12.4 Å². The van der Waals surface area contributed by atoms with Crippen molar-refractivity contribution in [3.8, 4) is 5.75 Å². The molecule has 22 heavy (non-hydrogen) atoms. The zero-order valence-corrected chi connectivity index (χ0v) is 14.4. The van der Waals surface area contributed by atoms with Gasteiger partial charge in [0.15, 0.2) is 5.11 Å². The van der Waals surface area contributed by atoms with Gasteiger partial charge in [-0.15, -0.1) is 0 Å². The maximum Gasteiger partial charge on any atom is 0.173 e. The predicted molar refractivity (Wildman–Crippen MR) is 97.2 cm³/mol. The molecule has 0 amide bonds. The van der Waals surface area contributed by atoms with E-state index in [9.17, 15) is 0 Å². The number of hydrogen-bond acceptors (Lipinski definition) is 2. The number of likely N-dealkylation sites (N-methyl/N-ethyl adjacent to an activating group) is 1. The van der Waals surface area contributed by atoms with Gasteiger partial charge in [-0.1, -0.05) is 35.3 Å². The molecule has 0 aliphatic heterocycles. The summed E-state index contributed by atoms with van der Waals surface area (Å²) in [7, 11) is 1.90. The zero-order chi connectivity index (χ0) is 15.9. The largest absolute Gasteiger partial charge is 0.490 e. The van der Waals surface area contributed by atoms with E-state index in [2.05, 4.69) is 5.32 Å². The first-order valence-electron chi connectivity index (χ1n) is 6.71. The lowest BCUT2D eigenvalue weighted by molar-refractivity contribution is 0.285. The number of anilines is 1. The minimum absolute atomic E-state index is 0.489. The van der Waals surface area contributed by atoms with E-state index in [1.165, 1.54) is 0 Å². The van der Waals surface area contributed by atoms with Crippen LogP contribution >= 0.6 is 35.4 Å². The molecule has 0 aliphatic rings. The van der Waals surface area contributed by atoms with Gasteiger partial charge in [0.2, 0.25) is 0 Å². The van der Waals surface area contributed by atoms with Gasteiger partial charge in [-0.25, -0.2) is 0 Å². The second-order valence-corrected chi connectivity index (χ2v) is 5.87. The van der Waals surface area contributed by atoms with Gasteiger partial charge in [-0.3, -0.25) is 0 Å². The molecule has 0 radical (unpaired) electrons. The van der Waals surface area contributed by atoms with Crippen LogP contribution in [0, 0.1) is 0 Å². The van der Waals surface area contributed by atoms with E-state index < -0.39 is 0 Å². The molecule has 2 rings (SSSR count). The van der Waals surface area contributed by atoms with Crippen LogP contribution in [0.2, 0.25) is 10.0 Å². The van der Waals surface area contributed by atoms with Crippen molar-refractivity contribution in [1.82, 2.24) is 4.90 Å². The van der Waals surface area contributed by atoms with E-state index in [0.717, 1.165) is 5.69 Å². The van der Waals surface area contributed by atoms with E-state index in [4.69, 9.17) is 40.2 Å². The SMILES string of the molecule is CN(CCOc1ccccc1Cl)C(=S)Nc1ccc(Cl)cc1. The molecule has 116 valence electrons. The highest BCUT2D eigenvalue weighted by molar-refractivity contribution is 7.80. The first kappa shape index (κ1) is 16.9. The van der Waals surface area contributed by atoms with E-state index >= 15 is 0 Å². The van der Waals surface area contributed by atoms with Gasteiger partial charge in [-0.05, 0) is 48.6 Å². The van der Waals surface area contributed by atoms with E-state index in [1.807, 2.05) is 54.4 Å². The summed E-state index contributed by atoms with van der Waals surface area (Å²) in [5, 5.41) is 5.06. The number of ether oxygens (including phenoxy) is 1.